The van der Waals surface area contributed by atoms with Gasteiger partial charge in [-0.1, -0.05) is 30.3 Å². The van der Waals surface area contributed by atoms with Crippen molar-refractivity contribution in [1.29, 1.82) is 0 Å². The summed E-state index contributed by atoms with van der Waals surface area (Å²) in [7, 11) is 2.02. The molecule has 1 fully saturated rings. The second-order valence-corrected chi connectivity index (χ2v) is 5.20. The van der Waals surface area contributed by atoms with Crippen molar-refractivity contribution in [2.75, 3.05) is 26.7 Å². The van der Waals surface area contributed by atoms with Crippen molar-refractivity contribution in [3.05, 3.63) is 35.9 Å². The zero-order chi connectivity index (χ0) is 13.0. The molecule has 0 spiro atoms. The lowest BCUT2D eigenvalue weighted by atomic mass is 10.0. The van der Waals surface area contributed by atoms with Crippen LogP contribution < -0.4 is 5.32 Å². The average molecular weight is 248 g/mol. The first kappa shape index (κ1) is 13.5. The Bertz CT molecular complexity index is 345. The van der Waals surface area contributed by atoms with Gasteiger partial charge in [0.05, 0.1) is 12.2 Å². The van der Waals surface area contributed by atoms with Gasteiger partial charge in [0.1, 0.15) is 0 Å². The van der Waals surface area contributed by atoms with Crippen molar-refractivity contribution in [2.45, 2.75) is 32.1 Å². The summed E-state index contributed by atoms with van der Waals surface area (Å²) in [6.45, 7) is 7.30. The van der Waals surface area contributed by atoms with Gasteiger partial charge < -0.3 is 10.1 Å². The molecule has 1 heterocycles. The number of hydrogen-bond donors (Lipinski definition) is 1. The van der Waals surface area contributed by atoms with Gasteiger partial charge in [-0.2, -0.15) is 0 Å². The van der Waals surface area contributed by atoms with Gasteiger partial charge in [0.2, 0.25) is 0 Å². The van der Waals surface area contributed by atoms with E-state index in [-0.39, 0.29) is 0 Å². The van der Waals surface area contributed by atoms with Gasteiger partial charge in [-0.25, -0.2) is 0 Å². The average Bonchev–Trinajstić information content (AvgIpc) is 2.36. The van der Waals surface area contributed by atoms with Crippen LogP contribution in [0, 0.1) is 0 Å². The summed E-state index contributed by atoms with van der Waals surface area (Å²) in [5, 5.41) is 3.31. The molecule has 1 aliphatic rings. The molecular weight excluding hydrogens is 224 g/mol. The second-order valence-electron chi connectivity index (χ2n) is 5.20. The molecule has 3 nitrogen and oxygen atoms in total. The highest BCUT2D eigenvalue weighted by Gasteiger charge is 2.28. The second kappa shape index (κ2) is 6.32. The summed E-state index contributed by atoms with van der Waals surface area (Å²) < 4.78 is 5.82. The highest BCUT2D eigenvalue weighted by molar-refractivity contribution is 5.19. The minimum atomic E-state index is 0.316. The van der Waals surface area contributed by atoms with Crippen LogP contribution in [-0.2, 0) is 4.74 Å². The Morgan fingerprint density at radius 2 is 1.83 bits per heavy atom. The molecule has 1 unspecified atom stereocenters. The molecule has 0 bridgehead atoms. The molecule has 1 saturated heterocycles. The van der Waals surface area contributed by atoms with Crippen LogP contribution in [0.15, 0.2) is 30.3 Å². The summed E-state index contributed by atoms with van der Waals surface area (Å²) in [6, 6.07) is 11.2. The maximum atomic E-state index is 5.82. The third kappa shape index (κ3) is 3.31. The molecule has 0 aliphatic carbocycles. The first-order valence-corrected chi connectivity index (χ1v) is 6.79. The van der Waals surface area contributed by atoms with Crippen molar-refractivity contribution in [3.8, 4) is 0 Å². The predicted molar refractivity (Wildman–Crippen MR) is 74.7 cm³/mol. The van der Waals surface area contributed by atoms with E-state index in [0.29, 0.717) is 18.2 Å². The largest absolute Gasteiger partial charge is 0.373 e. The van der Waals surface area contributed by atoms with Gasteiger partial charge in [0, 0.05) is 25.7 Å². The number of benzene rings is 1. The van der Waals surface area contributed by atoms with Gasteiger partial charge in [-0.3, -0.25) is 4.90 Å². The van der Waals surface area contributed by atoms with Crippen molar-refractivity contribution < 1.29 is 4.74 Å². The molecule has 0 aromatic heterocycles. The van der Waals surface area contributed by atoms with E-state index in [1.807, 2.05) is 7.05 Å². The molecule has 1 N–H and O–H groups in total. The molecule has 1 aromatic carbocycles. The van der Waals surface area contributed by atoms with Crippen LogP contribution in [0.5, 0.6) is 0 Å². The Balaban J connectivity index is 2.14. The van der Waals surface area contributed by atoms with Crippen LogP contribution in [-0.4, -0.2) is 43.8 Å². The lowest BCUT2D eigenvalue weighted by molar-refractivity contribution is -0.0805. The molecule has 0 radical (unpaired) electrons. The van der Waals surface area contributed by atoms with Gasteiger partial charge in [0.25, 0.3) is 0 Å². The van der Waals surface area contributed by atoms with E-state index >= 15 is 0 Å². The predicted octanol–water partition coefficient (Wildman–Crippen LogP) is 2.06. The van der Waals surface area contributed by atoms with E-state index in [1.54, 1.807) is 0 Å². The third-order valence-electron chi connectivity index (χ3n) is 3.47. The standard InChI is InChI=1S/C15H24N2O/c1-12-10-17(11-13(2)18-12)15(9-16-3)14-7-5-4-6-8-14/h4-8,12-13,15-16H,9-11H2,1-3H3/t12-,13+,15?. The fourth-order valence-electron chi connectivity index (χ4n) is 2.80. The van der Waals surface area contributed by atoms with Gasteiger partial charge in [-0.05, 0) is 26.5 Å². The van der Waals surface area contributed by atoms with Crippen LogP contribution in [0.2, 0.25) is 0 Å². The molecule has 2 rings (SSSR count). The van der Waals surface area contributed by atoms with Crippen LogP contribution in [0.4, 0.5) is 0 Å². The molecule has 0 amide bonds. The Morgan fingerprint density at radius 3 is 2.39 bits per heavy atom. The van der Waals surface area contributed by atoms with E-state index in [9.17, 15) is 0 Å². The molecule has 0 saturated carbocycles. The van der Waals surface area contributed by atoms with E-state index in [0.717, 1.165) is 19.6 Å². The van der Waals surface area contributed by atoms with Crippen LogP contribution in [0.3, 0.4) is 0 Å². The number of morpholine rings is 1. The Labute approximate surface area is 110 Å². The maximum Gasteiger partial charge on any atom is 0.0678 e. The Kier molecular flexibility index (Phi) is 4.75. The van der Waals surface area contributed by atoms with E-state index in [2.05, 4.69) is 54.4 Å². The lowest BCUT2D eigenvalue weighted by Gasteiger charge is -2.40. The summed E-state index contributed by atoms with van der Waals surface area (Å²) in [4.78, 5) is 2.53. The zero-order valence-corrected chi connectivity index (χ0v) is 11.6. The highest BCUT2D eigenvalue weighted by Crippen LogP contribution is 2.24. The van der Waals surface area contributed by atoms with Crippen molar-refractivity contribution in [2.24, 2.45) is 0 Å². The molecule has 100 valence electrons. The van der Waals surface area contributed by atoms with Crippen LogP contribution in [0.1, 0.15) is 25.5 Å². The third-order valence-corrected chi connectivity index (χ3v) is 3.47. The first-order valence-electron chi connectivity index (χ1n) is 6.79. The molecule has 18 heavy (non-hydrogen) atoms. The van der Waals surface area contributed by atoms with Crippen molar-refractivity contribution in [1.82, 2.24) is 10.2 Å². The van der Waals surface area contributed by atoms with Gasteiger partial charge in [0.15, 0.2) is 0 Å². The van der Waals surface area contributed by atoms with Crippen LogP contribution >= 0.6 is 0 Å². The number of likely N-dealkylation sites (N-methyl/N-ethyl adjacent to an activating group) is 1. The number of nitrogens with one attached hydrogen (secondary N) is 1. The Morgan fingerprint density at radius 1 is 1.22 bits per heavy atom. The smallest absolute Gasteiger partial charge is 0.0678 e. The number of rotatable bonds is 4. The fourth-order valence-corrected chi connectivity index (χ4v) is 2.80. The number of hydrogen-bond acceptors (Lipinski definition) is 3. The maximum absolute atomic E-state index is 5.82. The fraction of sp³-hybridized carbons (Fsp3) is 0.600. The minimum Gasteiger partial charge on any atom is -0.373 e. The highest BCUT2D eigenvalue weighted by atomic mass is 16.5. The number of nitrogens with zero attached hydrogens (tertiary/aromatic N) is 1. The summed E-state index contributed by atoms with van der Waals surface area (Å²) >= 11 is 0. The summed E-state index contributed by atoms with van der Waals surface area (Å²) in [5.74, 6) is 0. The van der Waals surface area contributed by atoms with E-state index in [1.165, 1.54) is 5.56 Å². The van der Waals surface area contributed by atoms with Crippen molar-refractivity contribution >= 4 is 0 Å². The normalized spacial score (nSPS) is 27.1. The zero-order valence-electron chi connectivity index (χ0n) is 11.6. The summed E-state index contributed by atoms with van der Waals surface area (Å²) in [6.07, 6.45) is 0.633. The topological polar surface area (TPSA) is 24.5 Å². The van der Waals surface area contributed by atoms with Crippen LogP contribution in [0.25, 0.3) is 0 Å². The lowest BCUT2D eigenvalue weighted by Crippen LogP contribution is -2.48. The molecule has 1 aliphatic heterocycles. The van der Waals surface area contributed by atoms with Gasteiger partial charge in [-0.15, -0.1) is 0 Å². The molecule has 3 heteroatoms. The molecule has 1 aromatic rings. The first-order chi connectivity index (χ1) is 8.70. The summed E-state index contributed by atoms with van der Waals surface area (Å²) in [5.41, 5.74) is 1.38. The van der Waals surface area contributed by atoms with Gasteiger partial charge >= 0.3 is 0 Å². The minimum absolute atomic E-state index is 0.316. The van der Waals surface area contributed by atoms with Crippen molar-refractivity contribution in [3.63, 3.8) is 0 Å². The van der Waals surface area contributed by atoms with E-state index < -0.39 is 0 Å². The quantitative estimate of drug-likeness (QED) is 0.882. The number of ether oxygens (including phenoxy) is 1. The van der Waals surface area contributed by atoms with E-state index in [4.69, 9.17) is 4.74 Å². The molecular formula is C15H24N2O. The Hall–Kier alpha value is -0.900. The molecule has 3 atom stereocenters. The monoisotopic (exact) mass is 248 g/mol. The SMILES string of the molecule is CNCC(c1ccccc1)N1C[C@@H](C)O[C@@H](C)C1.